The highest BCUT2D eigenvalue weighted by atomic mass is 16.5. The van der Waals surface area contributed by atoms with E-state index in [1.165, 1.54) is 27.6 Å². The summed E-state index contributed by atoms with van der Waals surface area (Å²) in [5.41, 5.74) is 4.38. The molecule has 5 aromatic rings. The van der Waals surface area contributed by atoms with Crippen molar-refractivity contribution in [1.29, 1.82) is 0 Å². The summed E-state index contributed by atoms with van der Waals surface area (Å²) >= 11 is 0. The number of ether oxygens (including phenoxy) is 1. The summed E-state index contributed by atoms with van der Waals surface area (Å²) in [6.45, 7) is 0. The van der Waals surface area contributed by atoms with Crippen LogP contribution in [0, 0.1) is 0 Å². The van der Waals surface area contributed by atoms with Crippen LogP contribution < -0.4 is 4.74 Å². The molecule has 1 aliphatic heterocycles. The van der Waals surface area contributed by atoms with Gasteiger partial charge in [-0.1, -0.05) is 115 Å². The van der Waals surface area contributed by atoms with Crippen molar-refractivity contribution >= 4 is 10.8 Å². The van der Waals surface area contributed by atoms with Crippen LogP contribution in [-0.2, 0) is 5.41 Å². The Bertz CT molecular complexity index is 1310. The van der Waals surface area contributed by atoms with E-state index in [1.54, 1.807) is 0 Å². The number of para-hydroxylation sites is 1. The van der Waals surface area contributed by atoms with Crippen LogP contribution in [0.2, 0.25) is 0 Å². The fraction of sp³-hybridized carbons (Fsp3) is 0.0345. The first kappa shape index (κ1) is 17.1. The van der Waals surface area contributed by atoms with E-state index in [0.29, 0.717) is 0 Å². The van der Waals surface area contributed by atoms with Gasteiger partial charge in [-0.25, -0.2) is 0 Å². The molecule has 1 heterocycles. The van der Waals surface area contributed by atoms with Crippen molar-refractivity contribution in [2.24, 2.45) is 0 Å². The molecule has 5 aromatic carbocycles. The molecule has 0 bridgehead atoms. The Kier molecular flexibility index (Phi) is 3.75. The van der Waals surface area contributed by atoms with Crippen LogP contribution in [0.25, 0.3) is 10.8 Å². The zero-order chi connectivity index (χ0) is 20.0. The molecule has 0 saturated carbocycles. The number of hydrogen-bond donors (Lipinski definition) is 0. The lowest BCUT2D eigenvalue weighted by Gasteiger charge is -2.41. The Morgan fingerprint density at radius 3 is 1.80 bits per heavy atom. The van der Waals surface area contributed by atoms with Gasteiger partial charge >= 0.3 is 0 Å². The van der Waals surface area contributed by atoms with Gasteiger partial charge in [0.2, 0.25) is 0 Å². The van der Waals surface area contributed by atoms with E-state index in [4.69, 9.17) is 4.74 Å². The lowest BCUT2D eigenvalue weighted by atomic mass is 9.63. The molecule has 142 valence electrons. The SMILES string of the molecule is c1ccc(C2(c3ccccc3)c3ccccc3Oc3c2ccc2ccccc32)cc1. The summed E-state index contributed by atoms with van der Waals surface area (Å²) in [6.07, 6.45) is 0. The molecule has 0 aromatic heterocycles. The summed E-state index contributed by atoms with van der Waals surface area (Å²) in [5.74, 6) is 1.86. The van der Waals surface area contributed by atoms with Gasteiger partial charge in [-0.15, -0.1) is 0 Å². The molecule has 1 aliphatic rings. The summed E-state index contributed by atoms with van der Waals surface area (Å²) in [4.78, 5) is 0. The summed E-state index contributed by atoms with van der Waals surface area (Å²) in [6, 6.07) is 42.9. The molecule has 30 heavy (non-hydrogen) atoms. The number of hydrogen-bond acceptors (Lipinski definition) is 1. The average molecular weight is 384 g/mol. The zero-order valence-corrected chi connectivity index (χ0v) is 16.5. The fourth-order valence-electron chi connectivity index (χ4n) is 4.93. The molecule has 0 amide bonds. The number of rotatable bonds is 2. The smallest absolute Gasteiger partial charge is 0.140 e. The second kappa shape index (κ2) is 6.60. The van der Waals surface area contributed by atoms with Gasteiger partial charge in [0.05, 0.1) is 5.41 Å². The maximum absolute atomic E-state index is 6.59. The van der Waals surface area contributed by atoms with Crippen LogP contribution >= 0.6 is 0 Å². The molecule has 0 aliphatic carbocycles. The topological polar surface area (TPSA) is 9.23 Å². The van der Waals surface area contributed by atoms with Crippen molar-refractivity contribution in [2.45, 2.75) is 5.41 Å². The highest BCUT2D eigenvalue weighted by molar-refractivity contribution is 5.92. The van der Waals surface area contributed by atoms with Gasteiger partial charge in [0.15, 0.2) is 0 Å². The van der Waals surface area contributed by atoms with Gasteiger partial charge in [-0.3, -0.25) is 0 Å². The Balaban J connectivity index is 1.83. The third-order valence-electron chi connectivity index (χ3n) is 6.20. The molecular weight excluding hydrogens is 364 g/mol. The van der Waals surface area contributed by atoms with Crippen molar-refractivity contribution in [3.8, 4) is 11.5 Å². The molecule has 6 rings (SSSR count). The first-order valence-electron chi connectivity index (χ1n) is 10.3. The van der Waals surface area contributed by atoms with Crippen molar-refractivity contribution in [3.63, 3.8) is 0 Å². The van der Waals surface area contributed by atoms with Gasteiger partial charge < -0.3 is 4.74 Å². The molecular formula is C29H20O. The Morgan fingerprint density at radius 1 is 0.467 bits per heavy atom. The van der Waals surface area contributed by atoms with Gasteiger partial charge in [0.25, 0.3) is 0 Å². The minimum Gasteiger partial charge on any atom is -0.456 e. The third-order valence-corrected chi connectivity index (χ3v) is 6.20. The van der Waals surface area contributed by atoms with Crippen molar-refractivity contribution in [1.82, 2.24) is 0 Å². The van der Waals surface area contributed by atoms with E-state index in [0.717, 1.165) is 16.9 Å². The maximum atomic E-state index is 6.59. The zero-order valence-electron chi connectivity index (χ0n) is 16.5. The lowest BCUT2D eigenvalue weighted by Crippen LogP contribution is -2.34. The Hall–Kier alpha value is -3.84. The van der Waals surface area contributed by atoms with Gasteiger partial charge in [0, 0.05) is 16.5 Å². The van der Waals surface area contributed by atoms with Crippen LogP contribution in [0.4, 0.5) is 0 Å². The molecule has 0 spiro atoms. The molecule has 1 nitrogen and oxygen atoms in total. The first-order valence-corrected chi connectivity index (χ1v) is 10.3. The third kappa shape index (κ3) is 2.29. The van der Waals surface area contributed by atoms with Crippen molar-refractivity contribution < 1.29 is 4.74 Å². The van der Waals surface area contributed by atoms with E-state index in [9.17, 15) is 0 Å². The maximum Gasteiger partial charge on any atom is 0.140 e. The van der Waals surface area contributed by atoms with Crippen LogP contribution in [0.1, 0.15) is 22.3 Å². The molecule has 0 N–H and O–H groups in total. The van der Waals surface area contributed by atoms with Gasteiger partial charge in [-0.05, 0) is 22.6 Å². The van der Waals surface area contributed by atoms with E-state index in [2.05, 4.69) is 121 Å². The second-order valence-corrected chi connectivity index (χ2v) is 7.74. The molecule has 0 saturated heterocycles. The van der Waals surface area contributed by atoms with Crippen LogP contribution in [0.5, 0.6) is 11.5 Å². The summed E-state index contributed by atoms with van der Waals surface area (Å²) in [5, 5.41) is 2.33. The Labute approximate surface area is 176 Å². The van der Waals surface area contributed by atoms with E-state index >= 15 is 0 Å². The van der Waals surface area contributed by atoms with Gasteiger partial charge in [-0.2, -0.15) is 0 Å². The number of benzene rings is 5. The molecule has 0 radical (unpaired) electrons. The lowest BCUT2D eigenvalue weighted by molar-refractivity contribution is 0.440. The highest BCUT2D eigenvalue weighted by Crippen LogP contribution is 2.56. The largest absolute Gasteiger partial charge is 0.456 e. The fourth-order valence-corrected chi connectivity index (χ4v) is 4.93. The molecule has 0 unspecified atom stereocenters. The molecule has 0 atom stereocenters. The quantitative estimate of drug-likeness (QED) is 0.304. The number of fused-ring (bicyclic) bond motifs is 4. The van der Waals surface area contributed by atoms with E-state index < -0.39 is 5.41 Å². The predicted octanol–water partition coefficient (Wildman–Crippen LogP) is 7.33. The van der Waals surface area contributed by atoms with Crippen molar-refractivity contribution in [3.05, 3.63) is 144 Å². The Morgan fingerprint density at radius 2 is 1.07 bits per heavy atom. The summed E-state index contributed by atoms with van der Waals surface area (Å²) < 4.78 is 6.59. The minimum atomic E-state index is -0.448. The van der Waals surface area contributed by atoms with Crippen LogP contribution in [-0.4, -0.2) is 0 Å². The van der Waals surface area contributed by atoms with E-state index in [-0.39, 0.29) is 0 Å². The van der Waals surface area contributed by atoms with E-state index in [1.807, 2.05) is 0 Å². The minimum absolute atomic E-state index is 0.448. The normalized spacial score (nSPS) is 13.9. The van der Waals surface area contributed by atoms with Crippen LogP contribution in [0.3, 0.4) is 0 Å². The highest BCUT2D eigenvalue weighted by Gasteiger charge is 2.45. The average Bonchev–Trinajstić information content (AvgIpc) is 2.83. The van der Waals surface area contributed by atoms with Gasteiger partial charge in [0.1, 0.15) is 11.5 Å². The second-order valence-electron chi connectivity index (χ2n) is 7.74. The first-order chi connectivity index (χ1) is 14.9. The monoisotopic (exact) mass is 384 g/mol. The van der Waals surface area contributed by atoms with Crippen LogP contribution in [0.15, 0.2) is 121 Å². The molecule has 0 fully saturated rings. The predicted molar refractivity (Wildman–Crippen MR) is 122 cm³/mol. The summed E-state index contributed by atoms with van der Waals surface area (Å²) in [7, 11) is 0. The molecule has 1 heteroatoms. The van der Waals surface area contributed by atoms with Crippen molar-refractivity contribution in [2.75, 3.05) is 0 Å². The standard InChI is InChI=1S/C29H20O/c1-3-12-22(13-4-1)29(23-14-5-2-6-15-23)25-17-9-10-18-27(25)30-28-24-16-8-7-11-21(24)19-20-26(28)29/h1-20H.